The zero-order valence-corrected chi connectivity index (χ0v) is 14.7. The molecule has 2 unspecified atom stereocenters. The van der Waals surface area contributed by atoms with Crippen molar-refractivity contribution in [2.24, 2.45) is 0 Å². The van der Waals surface area contributed by atoms with Gasteiger partial charge >= 0.3 is 0 Å². The van der Waals surface area contributed by atoms with E-state index >= 15 is 0 Å². The van der Waals surface area contributed by atoms with Gasteiger partial charge in [-0.3, -0.25) is 20.4 Å². The largest absolute Gasteiger partial charge is 0.481 e. The van der Waals surface area contributed by atoms with Crippen LogP contribution in [0.2, 0.25) is 0 Å². The van der Waals surface area contributed by atoms with Gasteiger partial charge in [-0.15, -0.1) is 0 Å². The minimum atomic E-state index is -0.723. The molecule has 1 aromatic carbocycles. The topological polar surface area (TPSA) is 76.7 Å². The summed E-state index contributed by atoms with van der Waals surface area (Å²) in [5, 5.41) is 0. The highest BCUT2D eigenvalue weighted by Crippen LogP contribution is 2.24. The fourth-order valence-corrected chi connectivity index (χ4v) is 2.72. The van der Waals surface area contributed by atoms with Crippen LogP contribution in [0.4, 0.5) is 0 Å². The molecule has 6 heteroatoms. The second-order valence-electron chi connectivity index (χ2n) is 6.41. The van der Waals surface area contributed by atoms with Crippen molar-refractivity contribution in [1.82, 2.24) is 10.9 Å². The highest BCUT2D eigenvalue weighted by atomic mass is 16.5. The summed E-state index contributed by atoms with van der Waals surface area (Å²) in [4.78, 5) is 23.8. The zero-order chi connectivity index (χ0) is 17.7. The Kier molecular flexibility index (Phi) is 6.20. The number of hydrogen-bond acceptors (Lipinski definition) is 4. The molecule has 1 aromatic rings. The molecule has 1 fully saturated rings. The molecule has 2 amide bonds. The third-order valence-electron chi connectivity index (χ3n) is 4.08. The standard InChI is InChI=1S/C18H26N2O4/c1-11(2)15-8-7-14(10-12(15)3)24-13(4)17(21)19-20-18(22)16-6-5-9-23-16/h7-8,10-11,13,16H,5-6,9H2,1-4H3,(H,19,21)(H,20,22). The SMILES string of the molecule is Cc1cc(OC(C)C(=O)NNC(=O)C2CCCO2)ccc1C(C)C. The van der Waals surface area contributed by atoms with Crippen molar-refractivity contribution in [1.29, 1.82) is 0 Å². The first kappa shape index (κ1) is 18.3. The Labute approximate surface area is 142 Å². The van der Waals surface area contributed by atoms with Crippen LogP contribution in [0.25, 0.3) is 0 Å². The lowest BCUT2D eigenvalue weighted by atomic mass is 9.98. The van der Waals surface area contributed by atoms with Gasteiger partial charge in [0.2, 0.25) is 0 Å². The van der Waals surface area contributed by atoms with Gasteiger partial charge in [-0.1, -0.05) is 19.9 Å². The number of carbonyl (C=O) groups excluding carboxylic acids is 2. The number of nitrogens with one attached hydrogen (secondary N) is 2. The van der Waals surface area contributed by atoms with Gasteiger partial charge in [-0.2, -0.15) is 0 Å². The third kappa shape index (κ3) is 4.71. The van der Waals surface area contributed by atoms with Crippen molar-refractivity contribution in [3.05, 3.63) is 29.3 Å². The maximum atomic E-state index is 12.0. The van der Waals surface area contributed by atoms with E-state index in [1.165, 1.54) is 5.56 Å². The Morgan fingerprint density at radius 3 is 2.58 bits per heavy atom. The van der Waals surface area contributed by atoms with Crippen molar-refractivity contribution in [3.8, 4) is 5.75 Å². The number of benzene rings is 1. The lowest BCUT2D eigenvalue weighted by Gasteiger charge is -2.18. The highest BCUT2D eigenvalue weighted by molar-refractivity contribution is 5.86. The maximum absolute atomic E-state index is 12.0. The number of ether oxygens (including phenoxy) is 2. The van der Waals surface area contributed by atoms with Crippen LogP contribution in [0.5, 0.6) is 5.75 Å². The van der Waals surface area contributed by atoms with E-state index < -0.39 is 18.1 Å². The Hall–Kier alpha value is -2.08. The second kappa shape index (κ2) is 8.15. The monoisotopic (exact) mass is 334 g/mol. The van der Waals surface area contributed by atoms with Crippen molar-refractivity contribution in [2.45, 2.75) is 58.7 Å². The molecule has 2 N–H and O–H groups in total. The highest BCUT2D eigenvalue weighted by Gasteiger charge is 2.24. The summed E-state index contributed by atoms with van der Waals surface area (Å²) in [6.45, 7) is 8.51. The van der Waals surface area contributed by atoms with E-state index in [0.717, 1.165) is 12.0 Å². The lowest BCUT2D eigenvalue weighted by molar-refractivity contribution is -0.136. The molecule has 0 saturated carbocycles. The zero-order valence-electron chi connectivity index (χ0n) is 14.7. The number of hydrogen-bond donors (Lipinski definition) is 2. The fraction of sp³-hybridized carbons (Fsp3) is 0.556. The average Bonchev–Trinajstić information content (AvgIpc) is 3.06. The first-order chi connectivity index (χ1) is 11.4. The van der Waals surface area contributed by atoms with Crippen LogP contribution < -0.4 is 15.6 Å². The quantitative estimate of drug-likeness (QED) is 0.810. The van der Waals surface area contributed by atoms with Crippen molar-refractivity contribution < 1.29 is 19.1 Å². The molecule has 24 heavy (non-hydrogen) atoms. The second-order valence-corrected chi connectivity index (χ2v) is 6.41. The predicted octanol–water partition coefficient (Wildman–Crippen LogP) is 2.21. The minimum Gasteiger partial charge on any atom is -0.481 e. The van der Waals surface area contributed by atoms with Gasteiger partial charge in [-0.25, -0.2) is 0 Å². The molecule has 0 radical (unpaired) electrons. The molecule has 0 bridgehead atoms. The summed E-state index contributed by atoms with van der Waals surface area (Å²) in [5.41, 5.74) is 7.14. The summed E-state index contributed by atoms with van der Waals surface area (Å²) in [7, 11) is 0. The number of amides is 2. The molecule has 1 heterocycles. The van der Waals surface area contributed by atoms with Crippen LogP contribution in [0.15, 0.2) is 18.2 Å². The summed E-state index contributed by atoms with van der Waals surface area (Å²) in [6.07, 6.45) is 0.332. The minimum absolute atomic E-state index is 0.329. The van der Waals surface area contributed by atoms with Gasteiger partial charge in [0.15, 0.2) is 6.10 Å². The van der Waals surface area contributed by atoms with Gasteiger partial charge in [0.05, 0.1) is 0 Å². The Bertz CT molecular complexity index is 595. The van der Waals surface area contributed by atoms with Gasteiger partial charge in [0.25, 0.3) is 11.8 Å². The van der Waals surface area contributed by atoms with Crippen LogP contribution in [0.1, 0.15) is 50.7 Å². The van der Waals surface area contributed by atoms with Gasteiger partial charge < -0.3 is 9.47 Å². The maximum Gasteiger partial charge on any atom is 0.279 e. The molecule has 132 valence electrons. The molecule has 1 aliphatic rings. The first-order valence-corrected chi connectivity index (χ1v) is 8.37. The molecule has 0 aliphatic carbocycles. The molecule has 1 saturated heterocycles. The van der Waals surface area contributed by atoms with E-state index in [9.17, 15) is 9.59 Å². The van der Waals surface area contributed by atoms with Gasteiger partial charge in [0, 0.05) is 6.61 Å². The number of aryl methyl sites for hydroxylation is 1. The van der Waals surface area contributed by atoms with Crippen LogP contribution in [-0.2, 0) is 14.3 Å². The van der Waals surface area contributed by atoms with Crippen molar-refractivity contribution in [2.75, 3.05) is 6.61 Å². The van der Waals surface area contributed by atoms with Crippen molar-refractivity contribution in [3.63, 3.8) is 0 Å². The molecule has 0 aromatic heterocycles. The molecular weight excluding hydrogens is 308 g/mol. The van der Waals surface area contributed by atoms with Crippen LogP contribution in [0, 0.1) is 6.92 Å². The van der Waals surface area contributed by atoms with E-state index in [1.807, 2.05) is 25.1 Å². The van der Waals surface area contributed by atoms with E-state index in [0.29, 0.717) is 24.7 Å². The van der Waals surface area contributed by atoms with E-state index in [4.69, 9.17) is 9.47 Å². The first-order valence-electron chi connectivity index (χ1n) is 8.37. The molecule has 0 spiro atoms. The van der Waals surface area contributed by atoms with Crippen LogP contribution in [0.3, 0.4) is 0 Å². The Balaban J connectivity index is 1.84. The smallest absolute Gasteiger partial charge is 0.279 e. The normalized spacial score (nSPS) is 18.3. The Morgan fingerprint density at radius 1 is 1.25 bits per heavy atom. The molecule has 6 nitrogen and oxygen atoms in total. The van der Waals surface area contributed by atoms with E-state index in [-0.39, 0.29) is 5.91 Å². The summed E-state index contributed by atoms with van der Waals surface area (Å²) in [6, 6.07) is 5.79. The van der Waals surface area contributed by atoms with Crippen LogP contribution in [-0.4, -0.2) is 30.6 Å². The number of rotatable bonds is 5. The number of hydrazine groups is 1. The van der Waals surface area contributed by atoms with Crippen LogP contribution >= 0.6 is 0 Å². The van der Waals surface area contributed by atoms with E-state index in [2.05, 4.69) is 24.7 Å². The summed E-state index contributed by atoms with van der Waals surface area (Å²) < 4.78 is 10.9. The fourth-order valence-electron chi connectivity index (χ4n) is 2.72. The lowest BCUT2D eigenvalue weighted by Crippen LogP contribution is -2.50. The number of carbonyl (C=O) groups is 2. The van der Waals surface area contributed by atoms with Gasteiger partial charge in [-0.05, 0) is 55.9 Å². The third-order valence-corrected chi connectivity index (χ3v) is 4.08. The summed E-state index contributed by atoms with van der Waals surface area (Å²) >= 11 is 0. The van der Waals surface area contributed by atoms with Gasteiger partial charge in [0.1, 0.15) is 11.9 Å². The van der Waals surface area contributed by atoms with Crippen molar-refractivity contribution >= 4 is 11.8 Å². The average molecular weight is 334 g/mol. The molecule has 1 aliphatic heterocycles. The molecule has 2 atom stereocenters. The van der Waals surface area contributed by atoms with E-state index in [1.54, 1.807) is 6.92 Å². The molecule has 2 rings (SSSR count). The summed E-state index contributed by atoms with van der Waals surface area (Å²) in [5.74, 6) is 0.329. The molecular formula is C18H26N2O4. The Morgan fingerprint density at radius 2 is 2.00 bits per heavy atom. The predicted molar refractivity (Wildman–Crippen MR) is 90.6 cm³/mol.